The molecule has 3 rings (SSSR count). The zero-order chi connectivity index (χ0) is 18.1. The molecule has 0 saturated heterocycles. The number of carbonyl (C=O) groups is 1. The van der Waals surface area contributed by atoms with Crippen LogP contribution in [0.15, 0.2) is 29.8 Å². The summed E-state index contributed by atoms with van der Waals surface area (Å²) >= 11 is 13.0. The molecule has 130 valence electrons. The van der Waals surface area contributed by atoms with E-state index in [0.29, 0.717) is 20.7 Å². The fourth-order valence-electron chi connectivity index (χ4n) is 2.25. The second kappa shape index (κ2) is 6.87. The Labute approximate surface area is 155 Å². The highest BCUT2D eigenvalue weighted by atomic mass is 35.5. The van der Waals surface area contributed by atoms with Crippen LogP contribution in [0.5, 0.6) is 0 Å². The molecular weight excluding hydrogens is 389 g/mol. The van der Waals surface area contributed by atoms with Crippen LogP contribution in [0.2, 0.25) is 10.0 Å². The van der Waals surface area contributed by atoms with Crippen LogP contribution in [-0.4, -0.2) is 33.8 Å². The lowest BCUT2D eigenvalue weighted by Gasteiger charge is -2.15. The standard InChI is InChI=1S/C14H11Cl2N5O3S/c1-19(7-11(22)17-8-2-3-9(15)10(16)6-8)12-13(21(23)24)20-4-5-25-14(20)18-12/h2-6H,7H2,1H3,(H,17,22). The fourth-order valence-corrected chi connectivity index (χ4v) is 3.26. The van der Waals surface area contributed by atoms with E-state index < -0.39 is 4.92 Å². The highest BCUT2D eigenvalue weighted by molar-refractivity contribution is 7.15. The number of halogens is 2. The van der Waals surface area contributed by atoms with Crippen LogP contribution in [-0.2, 0) is 4.79 Å². The predicted octanol–water partition coefficient (Wildman–Crippen LogP) is 3.69. The number of nitro groups is 1. The Balaban J connectivity index is 1.77. The average Bonchev–Trinajstić information content (AvgIpc) is 3.10. The van der Waals surface area contributed by atoms with Gasteiger partial charge in [-0.2, -0.15) is 9.38 Å². The van der Waals surface area contributed by atoms with E-state index in [1.54, 1.807) is 30.8 Å². The Morgan fingerprint density at radius 2 is 2.20 bits per heavy atom. The molecule has 2 heterocycles. The third-order valence-electron chi connectivity index (χ3n) is 3.34. The molecule has 1 N–H and O–H groups in total. The molecule has 0 spiro atoms. The zero-order valence-corrected chi connectivity index (χ0v) is 15.1. The summed E-state index contributed by atoms with van der Waals surface area (Å²) in [6.07, 6.45) is 1.57. The molecule has 0 aliphatic rings. The SMILES string of the molecule is CN(CC(=O)Nc1ccc(Cl)c(Cl)c1)c1nc2sccn2c1[N+](=O)[O-]. The number of anilines is 2. The molecule has 0 aliphatic carbocycles. The van der Waals surface area contributed by atoms with Gasteiger partial charge < -0.3 is 20.3 Å². The molecule has 1 aromatic carbocycles. The highest BCUT2D eigenvalue weighted by Crippen LogP contribution is 2.30. The Kier molecular flexibility index (Phi) is 4.80. The van der Waals surface area contributed by atoms with Crippen molar-refractivity contribution in [1.82, 2.24) is 9.38 Å². The topological polar surface area (TPSA) is 92.8 Å². The Bertz CT molecular complexity index is 971. The van der Waals surface area contributed by atoms with E-state index >= 15 is 0 Å². The van der Waals surface area contributed by atoms with Crippen molar-refractivity contribution in [1.29, 1.82) is 0 Å². The lowest BCUT2D eigenvalue weighted by molar-refractivity contribution is -0.389. The maximum atomic E-state index is 12.2. The number of hydrogen-bond acceptors (Lipinski definition) is 6. The van der Waals surface area contributed by atoms with Crippen LogP contribution in [0.3, 0.4) is 0 Å². The van der Waals surface area contributed by atoms with E-state index in [4.69, 9.17) is 23.2 Å². The van der Waals surface area contributed by atoms with Crippen LogP contribution in [0, 0.1) is 10.1 Å². The molecule has 2 aromatic heterocycles. The summed E-state index contributed by atoms with van der Waals surface area (Å²) in [5.41, 5.74) is 0.480. The van der Waals surface area contributed by atoms with Gasteiger partial charge in [0.25, 0.3) is 4.96 Å². The Morgan fingerprint density at radius 3 is 2.88 bits per heavy atom. The Hall–Kier alpha value is -2.36. The first-order valence-electron chi connectivity index (χ1n) is 6.93. The number of fused-ring (bicyclic) bond motifs is 1. The number of imidazole rings is 1. The van der Waals surface area contributed by atoms with E-state index in [2.05, 4.69) is 10.3 Å². The van der Waals surface area contributed by atoms with Gasteiger partial charge in [-0.25, -0.2) is 0 Å². The second-order valence-corrected chi connectivity index (χ2v) is 6.79. The van der Waals surface area contributed by atoms with Gasteiger partial charge in [0.05, 0.1) is 16.6 Å². The molecule has 0 fully saturated rings. The number of benzene rings is 1. The number of aromatic nitrogens is 2. The molecule has 11 heteroatoms. The van der Waals surface area contributed by atoms with Gasteiger partial charge >= 0.3 is 5.82 Å². The normalized spacial score (nSPS) is 10.8. The number of nitrogens with one attached hydrogen (secondary N) is 1. The molecule has 0 unspecified atom stereocenters. The lowest BCUT2D eigenvalue weighted by atomic mass is 10.3. The van der Waals surface area contributed by atoms with Crippen molar-refractivity contribution in [3.8, 4) is 0 Å². The first kappa shape index (κ1) is 17.5. The van der Waals surface area contributed by atoms with E-state index in [1.165, 1.54) is 26.7 Å². The van der Waals surface area contributed by atoms with Crippen LogP contribution in [0.4, 0.5) is 17.3 Å². The highest BCUT2D eigenvalue weighted by Gasteiger charge is 2.27. The van der Waals surface area contributed by atoms with E-state index in [-0.39, 0.29) is 24.1 Å². The van der Waals surface area contributed by atoms with Gasteiger partial charge in [0.1, 0.15) is 6.20 Å². The predicted molar refractivity (Wildman–Crippen MR) is 98.1 cm³/mol. The van der Waals surface area contributed by atoms with E-state index in [0.717, 1.165) is 0 Å². The number of rotatable bonds is 5. The van der Waals surface area contributed by atoms with Crippen molar-refractivity contribution in [2.45, 2.75) is 0 Å². The molecular formula is C14H11Cl2N5O3S. The van der Waals surface area contributed by atoms with Crippen LogP contribution < -0.4 is 10.2 Å². The summed E-state index contributed by atoms with van der Waals surface area (Å²) < 4.78 is 1.38. The smallest absolute Gasteiger partial charge is 0.358 e. The monoisotopic (exact) mass is 399 g/mol. The Morgan fingerprint density at radius 1 is 1.44 bits per heavy atom. The van der Waals surface area contributed by atoms with Crippen molar-refractivity contribution < 1.29 is 9.72 Å². The first-order valence-corrected chi connectivity index (χ1v) is 8.56. The molecule has 0 aliphatic heterocycles. The molecule has 1 amide bonds. The quantitative estimate of drug-likeness (QED) is 0.521. The maximum Gasteiger partial charge on any atom is 0.373 e. The summed E-state index contributed by atoms with van der Waals surface area (Å²) in [6, 6.07) is 4.70. The summed E-state index contributed by atoms with van der Waals surface area (Å²) in [5.74, 6) is -0.422. The number of carbonyl (C=O) groups excluding carboxylic acids is 1. The van der Waals surface area contributed by atoms with Gasteiger partial charge in [-0.3, -0.25) is 4.79 Å². The summed E-state index contributed by atoms with van der Waals surface area (Å²) in [4.78, 5) is 29.2. The number of thiazole rings is 1. The minimum absolute atomic E-state index is 0.119. The third-order valence-corrected chi connectivity index (χ3v) is 4.83. The van der Waals surface area contributed by atoms with Crippen molar-refractivity contribution in [2.24, 2.45) is 0 Å². The zero-order valence-electron chi connectivity index (χ0n) is 12.8. The van der Waals surface area contributed by atoms with Gasteiger partial charge in [0.2, 0.25) is 11.7 Å². The molecule has 3 aromatic rings. The fraction of sp³-hybridized carbons (Fsp3) is 0.143. The largest absolute Gasteiger partial charge is 0.373 e. The number of likely N-dealkylation sites (N-methyl/N-ethyl adjacent to an activating group) is 1. The van der Waals surface area contributed by atoms with Gasteiger partial charge in [0.15, 0.2) is 0 Å². The number of nitrogens with zero attached hydrogens (tertiary/aromatic N) is 4. The van der Waals surface area contributed by atoms with Gasteiger partial charge in [0, 0.05) is 18.1 Å². The van der Waals surface area contributed by atoms with Crippen LogP contribution in [0.1, 0.15) is 0 Å². The number of amides is 1. The van der Waals surface area contributed by atoms with Crippen molar-refractivity contribution in [3.05, 3.63) is 49.9 Å². The minimum atomic E-state index is -0.518. The molecule has 25 heavy (non-hydrogen) atoms. The third kappa shape index (κ3) is 3.53. The van der Waals surface area contributed by atoms with Gasteiger partial charge in [-0.15, -0.1) is 0 Å². The molecule has 0 saturated carbocycles. The van der Waals surface area contributed by atoms with Crippen LogP contribution >= 0.6 is 34.5 Å². The number of hydrogen-bond donors (Lipinski definition) is 1. The average molecular weight is 400 g/mol. The molecule has 0 atom stereocenters. The van der Waals surface area contributed by atoms with Crippen molar-refractivity contribution in [2.75, 3.05) is 23.8 Å². The van der Waals surface area contributed by atoms with Crippen LogP contribution in [0.25, 0.3) is 4.96 Å². The van der Waals surface area contributed by atoms with Crippen molar-refractivity contribution in [3.63, 3.8) is 0 Å². The molecule has 0 bridgehead atoms. The summed E-state index contributed by atoms with van der Waals surface area (Å²) in [5, 5.41) is 16.4. The van der Waals surface area contributed by atoms with E-state index in [9.17, 15) is 14.9 Å². The van der Waals surface area contributed by atoms with Gasteiger partial charge in [-0.05, 0) is 23.1 Å². The van der Waals surface area contributed by atoms with Crippen molar-refractivity contribution >= 4 is 62.7 Å². The first-order chi connectivity index (χ1) is 11.9. The van der Waals surface area contributed by atoms with Gasteiger partial charge in [-0.1, -0.05) is 34.5 Å². The molecule has 8 nitrogen and oxygen atoms in total. The summed E-state index contributed by atoms with van der Waals surface area (Å²) in [7, 11) is 1.56. The second-order valence-electron chi connectivity index (χ2n) is 5.10. The summed E-state index contributed by atoms with van der Waals surface area (Å²) in [6.45, 7) is -0.119. The maximum absolute atomic E-state index is 12.2. The van der Waals surface area contributed by atoms with E-state index in [1.807, 2.05) is 0 Å². The molecule has 0 radical (unpaired) electrons. The minimum Gasteiger partial charge on any atom is -0.358 e. The lowest BCUT2D eigenvalue weighted by Crippen LogP contribution is -2.30.